The molecule has 0 heterocycles. The molecule has 1 saturated carbocycles. The monoisotopic (exact) mass is 261 g/mol. The molecule has 19 heavy (non-hydrogen) atoms. The minimum absolute atomic E-state index is 0.0939. The Labute approximate surface area is 113 Å². The third-order valence-electron chi connectivity index (χ3n) is 3.64. The van der Waals surface area contributed by atoms with E-state index in [4.69, 9.17) is 5.11 Å². The molecule has 1 aromatic rings. The van der Waals surface area contributed by atoms with Crippen LogP contribution in [0.3, 0.4) is 0 Å². The number of hydrogen-bond acceptors (Lipinski definition) is 2. The van der Waals surface area contributed by atoms with Crippen molar-refractivity contribution in [2.75, 3.05) is 0 Å². The summed E-state index contributed by atoms with van der Waals surface area (Å²) in [5, 5.41) is 9.14. The summed E-state index contributed by atoms with van der Waals surface area (Å²) in [6.45, 7) is 3.41. The number of benzene rings is 1. The van der Waals surface area contributed by atoms with Gasteiger partial charge in [0.1, 0.15) is 6.04 Å². The van der Waals surface area contributed by atoms with Gasteiger partial charge >= 0.3 is 5.97 Å². The third-order valence-corrected chi connectivity index (χ3v) is 3.64. The fourth-order valence-electron chi connectivity index (χ4n) is 2.27. The van der Waals surface area contributed by atoms with Crippen LogP contribution in [0, 0.1) is 0 Å². The normalized spacial score (nSPS) is 17.6. The van der Waals surface area contributed by atoms with Crippen LogP contribution in [0.5, 0.6) is 0 Å². The number of carbonyl (C=O) groups is 2. The standard InChI is InChI=1S/C15H19NO3/c1-10(12-6-4-3-5-7-12)14(17)16(13-8-9-13)11(2)15(18)19/h3-7,10-11,13H,8-9H2,1-2H3,(H,18,19)/t10-,11?/m1/s1. The van der Waals surface area contributed by atoms with Crippen LogP contribution in [0.2, 0.25) is 0 Å². The lowest BCUT2D eigenvalue weighted by molar-refractivity contribution is -0.150. The summed E-state index contributed by atoms with van der Waals surface area (Å²) in [5.74, 6) is -1.34. The molecular weight excluding hydrogens is 242 g/mol. The summed E-state index contributed by atoms with van der Waals surface area (Å²) >= 11 is 0. The average molecular weight is 261 g/mol. The van der Waals surface area contributed by atoms with Crippen LogP contribution >= 0.6 is 0 Å². The molecule has 0 saturated heterocycles. The predicted octanol–water partition coefficient (Wildman–Crippen LogP) is 2.25. The maximum atomic E-state index is 12.5. The van der Waals surface area contributed by atoms with Crippen LogP contribution in [0.25, 0.3) is 0 Å². The Hall–Kier alpha value is -1.84. The minimum Gasteiger partial charge on any atom is -0.480 e. The number of nitrogens with zero attached hydrogens (tertiary/aromatic N) is 1. The van der Waals surface area contributed by atoms with Crippen LogP contribution in [-0.4, -0.2) is 34.0 Å². The van der Waals surface area contributed by atoms with Crippen molar-refractivity contribution in [1.82, 2.24) is 4.90 Å². The lowest BCUT2D eigenvalue weighted by Crippen LogP contribution is -2.46. The van der Waals surface area contributed by atoms with Crippen LogP contribution in [0.1, 0.15) is 38.2 Å². The SMILES string of the molecule is CC(C(=O)O)N(C(=O)[C@H](C)c1ccccc1)C1CC1. The maximum Gasteiger partial charge on any atom is 0.326 e. The summed E-state index contributed by atoms with van der Waals surface area (Å²) in [6.07, 6.45) is 1.82. The van der Waals surface area contributed by atoms with E-state index in [1.165, 1.54) is 0 Å². The molecule has 2 atom stereocenters. The molecule has 4 heteroatoms. The summed E-state index contributed by atoms with van der Waals surface area (Å²) in [5.41, 5.74) is 0.927. The van der Waals surface area contributed by atoms with Gasteiger partial charge in [0, 0.05) is 6.04 Å². The molecule has 102 valence electrons. The molecule has 0 spiro atoms. The van der Waals surface area contributed by atoms with E-state index in [2.05, 4.69) is 0 Å². The Morgan fingerprint density at radius 2 is 1.79 bits per heavy atom. The molecule has 1 amide bonds. The molecule has 1 unspecified atom stereocenters. The van der Waals surface area contributed by atoms with Gasteiger partial charge in [0.05, 0.1) is 5.92 Å². The number of carboxylic acids is 1. The second-order valence-electron chi connectivity index (χ2n) is 5.12. The first-order chi connectivity index (χ1) is 9.02. The van der Waals surface area contributed by atoms with Gasteiger partial charge in [0.15, 0.2) is 0 Å². The third kappa shape index (κ3) is 2.95. The van der Waals surface area contributed by atoms with E-state index in [-0.39, 0.29) is 17.9 Å². The second-order valence-corrected chi connectivity index (χ2v) is 5.12. The fourth-order valence-corrected chi connectivity index (χ4v) is 2.27. The Morgan fingerprint density at radius 1 is 1.21 bits per heavy atom. The summed E-state index contributed by atoms with van der Waals surface area (Å²) in [4.78, 5) is 25.2. The second kappa shape index (κ2) is 5.43. The smallest absolute Gasteiger partial charge is 0.326 e. The van der Waals surface area contributed by atoms with E-state index in [0.717, 1.165) is 18.4 Å². The van der Waals surface area contributed by atoms with E-state index in [9.17, 15) is 9.59 Å². The van der Waals surface area contributed by atoms with Crippen molar-refractivity contribution in [2.24, 2.45) is 0 Å². The average Bonchev–Trinajstić information content (AvgIpc) is 3.23. The van der Waals surface area contributed by atoms with Crippen LogP contribution in [-0.2, 0) is 9.59 Å². The van der Waals surface area contributed by atoms with E-state index in [1.54, 1.807) is 11.8 Å². The Bertz CT molecular complexity index is 468. The molecular formula is C15H19NO3. The van der Waals surface area contributed by atoms with E-state index in [1.807, 2.05) is 37.3 Å². The first kappa shape index (κ1) is 13.6. The number of amides is 1. The van der Waals surface area contributed by atoms with Gasteiger partial charge in [-0.25, -0.2) is 4.79 Å². The van der Waals surface area contributed by atoms with Gasteiger partial charge in [-0.2, -0.15) is 0 Å². The predicted molar refractivity (Wildman–Crippen MR) is 71.8 cm³/mol. The summed E-state index contributed by atoms with van der Waals surface area (Å²) in [7, 11) is 0. The Morgan fingerprint density at radius 3 is 2.26 bits per heavy atom. The highest BCUT2D eigenvalue weighted by Crippen LogP contribution is 2.32. The molecule has 0 radical (unpaired) electrons. The van der Waals surface area contributed by atoms with Crippen molar-refractivity contribution in [1.29, 1.82) is 0 Å². The Balaban J connectivity index is 2.18. The van der Waals surface area contributed by atoms with Crippen molar-refractivity contribution >= 4 is 11.9 Å². The molecule has 0 bridgehead atoms. The number of rotatable bonds is 5. The molecule has 1 fully saturated rings. The van der Waals surface area contributed by atoms with Gasteiger partial charge in [-0.05, 0) is 32.3 Å². The van der Waals surface area contributed by atoms with Crippen molar-refractivity contribution in [2.45, 2.75) is 44.7 Å². The van der Waals surface area contributed by atoms with Crippen molar-refractivity contribution < 1.29 is 14.7 Å². The highest BCUT2D eigenvalue weighted by molar-refractivity contribution is 5.88. The highest BCUT2D eigenvalue weighted by atomic mass is 16.4. The minimum atomic E-state index is -0.944. The van der Waals surface area contributed by atoms with Crippen molar-refractivity contribution in [3.8, 4) is 0 Å². The van der Waals surface area contributed by atoms with Crippen molar-refractivity contribution in [3.63, 3.8) is 0 Å². The molecule has 1 aromatic carbocycles. The molecule has 0 aromatic heterocycles. The van der Waals surface area contributed by atoms with Gasteiger partial charge in [-0.15, -0.1) is 0 Å². The molecule has 1 aliphatic rings. The highest BCUT2D eigenvalue weighted by Gasteiger charge is 2.40. The van der Waals surface area contributed by atoms with Crippen LogP contribution in [0.15, 0.2) is 30.3 Å². The van der Waals surface area contributed by atoms with Gasteiger partial charge in [-0.3, -0.25) is 4.79 Å². The van der Waals surface area contributed by atoms with Gasteiger partial charge in [-0.1, -0.05) is 30.3 Å². The lowest BCUT2D eigenvalue weighted by atomic mass is 9.99. The van der Waals surface area contributed by atoms with E-state index >= 15 is 0 Å². The molecule has 1 N–H and O–H groups in total. The van der Waals surface area contributed by atoms with E-state index in [0.29, 0.717) is 0 Å². The van der Waals surface area contributed by atoms with Crippen LogP contribution < -0.4 is 0 Å². The van der Waals surface area contributed by atoms with Gasteiger partial charge in [0.2, 0.25) is 5.91 Å². The molecule has 1 aliphatic carbocycles. The zero-order valence-corrected chi connectivity index (χ0v) is 11.2. The summed E-state index contributed by atoms with van der Waals surface area (Å²) < 4.78 is 0. The number of aliphatic carboxylic acids is 1. The van der Waals surface area contributed by atoms with Gasteiger partial charge in [0.25, 0.3) is 0 Å². The molecule has 0 aliphatic heterocycles. The topological polar surface area (TPSA) is 57.6 Å². The first-order valence-corrected chi connectivity index (χ1v) is 6.62. The van der Waals surface area contributed by atoms with E-state index < -0.39 is 12.0 Å². The number of hydrogen-bond donors (Lipinski definition) is 1. The number of carbonyl (C=O) groups excluding carboxylic acids is 1. The fraction of sp³-hybridized carbons (Fsp3) is 0.467. The van der Waals surface area contributed by atoms with Crippen molar-refractivity contribution in [3.05, 3.63) is 35.9 Å². The zero-order chi connectivity index (χ0) is 14.0. The zero-order valence-electron chi connectivity index (χ0n) is 11.2. The molecule has 4 nitrogen and oxygen atoms in total. The Kier molecular flexibility index (Phi) is 3.88. The number of carboxylic acid groups (broad SMARTS) is 1. The molecule has 2 rings (SSSR count). The lowest BCUT2D eigenvalue weighted by Gasteiger charge is -2.29. The largest absolute Gasteiger partial charge is 0.480 e. The quantitative estimate of drug-likeness (QED) is 0.884. The van der Waals surface area contributed by atoms with Crippen LogP contribution in [0.4, 0.5) is 0 Å². The van der Waals surface area contributed by atoms with Gasteiger partial charge < -0.3 is 10.0 Å². The first-order valence-electron chi connectivity index (χ1n) is 6.62. The summed E-state index contributed by atoms with van der Waals surface area (Å²) in [6, 6.07) is 8.83. The maximum absolute atomic E-state index is 12.5.